The molecule has 20 heavy (non-hydrogen) atoms. The van der Waals surface area contributed by atoms with Gasteiger partial charge >= 0.3 is 0 Å². The zero-order chi connectivity index (χ0) is 14.2. The quantitative estimate of drug-likeness (QED) is 0.921. The minimum atomic E-state index is -3.57. The number of hydrogen-bond acceptors (Lipinski definition) is 5. The second-order valence-corrected chi connectivity index (χ2v) is 7.87. The Morgan fingerprint density at radius 2 is 2.15 bits per heavy atom. The minimum Gasteiger partial charge on any atom is -0.268 e. The largest absolute Gasteiger partial charge is 0.268 e. The van der Waals surface area contributed by atoms with Crippen LogP contribution in [0.15, 0.2) is 16.1 Å². The van der Waals surface area contributed by atoms with Crippen molar-refractivity contribution in [3.05, 3.63) is 11.9 Å². The van der Waals surface area contributed by atoms with Gasteiger partial charge in [0, 0.05) is 11.9 Å². The van der Waals surface area contributed by atoms with Crippen molar-refractivity contribution < 1.29 is 8.42 Å². The van der Waals surface area contributed by atoms with Gasteiger partial charge in [-0.1, -0.05) is 24.6 Å². The number of rotatable bonds is 3. The Kier molecular flexibility index (Phi) is 3.76. The third-order valence-electron chi connectivity index (χ3n) is 3.67. The van der Waals surface area contributed by atoms with Crippen LogP contribution < -0.4 is 4.72 Å². The molecule has 1 fully saturated rings. The first-order valence-electron chi connectivity index (χ1n) is 6.82. The molecule has 0 unspecified atom stereocenters. The van der Waals surface area contributed by atoms with E-state index >= 15 is 0 Å². The van der Waals surface area contributed by atoms with Gasteiger partial charge in [0.25, 0.3) is 10.0 Å². The number of nitrogens with one attached hydrogen (secondary N) is 1. The maximum atomic E-state index is 12.4. The number of nitrogens with zero attached hydrogens (tertiary/aromatic N) is 3. The van der Waals surface area contributed by atoms with Crippen molar-refractivity contribution in [2.24, 2.45) is 4.99 Å². The van der Waals surface area contributed by atoms with Crippen molar-refractivity contribution in [3.63, 3.8) is 0 Å². The summed E-state index contributed by atoms with van der Waals surface area (Å²) >= 11 is 1.43. The molecule has 8 heteroatoms. The Hall–Kier alpha value is -1.02. The molecule has 2 aliphatic rings. The minimum absolute atomic E-state index is 0.264. The van der Waals surface area contributed by atoms with Crippen molar-refractivity contribution in [2.45, 2.75) is 43.5 Å². The van der Waals surface area contributed by atoms with Crippen LogP contribution >= 0.6 is 11.8 Å². The number of thioether (sulfide) groups is 1. The Balaban J connectivity index is 1.85. The van der Waals surface area contributed by atoms with E-state index in [1.54, 1.807) is 13.1 Å². The van der Waals surface area contributed by atoms with Crippen LogP contribution in [-0.2, 0) is 10.0 Å². The molecule has 1 N–H and O–H groups in total. The fourth-order valence-corrected chi connectivity index (χ4v) is 4.86. The number of hydrogen-bond donors (Lipinski definition) is 1. The zero-order valence-electron chi connectivity index (χ0n) is 11.4. The second kappa shape index (κ2) is 5.40. The summed E-state index contributed by atoms with van der Waals surface area (Å²) in [5, 5.41) is 4.87. The lowest BCUT2D eigenvalue weighted by molar-refractivity contribution is 0.464. The molecule has 1 saturated carbocycles. The van der Waals surface area contributed by atoms with E-state index < -0.39 is 10.0 Å². The average Bonchev–Trinajstić information content (AvgIpc) is 3.06. The van der Waals surface area contributed by atoms with E-state index in [0.717, 1.165) is 18.6 Å². The maximum Gasteiger partial charge on any atom is 0.266 e. The topological polar surface area (TPSA) is 76.3 Å². The molecule has 3 rings (SSSR count). The van der Waals surface area contributed by atoms with Crippen LogP contribution in [0.5, 0.6) is 0 Å². The average molecular weight is 314 g/mol. The lowest BCUT2D eigenvalue weighted by Crippen LogP contribution is -2.27. The third kappa shape index (κ3) is 2.71. The molecule has 1 aromatic heterocycles. The van der Waals surface area contributed by atoms with Gasteiger partial charge in [-0.05, 0) is 19.8 Å². The van der Waals surface area contributed by atoms with Gasteiger partial charge in [0.2, 0.25) is 0 Å². The van der Waals surface area contributed by atoms with E-state index in [0.29, 0.717) is 23.4 Å². The summed E-state index contributed by atoms with van der Waals surface area (Å²) in [5.74, 6) is 0.832. The monoisotopic (exact) mass is 314 g/mol. The van der Waals surface area contributed by atoms with E-state index in [1.807, 2.05) is 4.68 Å². The van der Waals surface area contributed by atoms with Crippen LogP contribution in [0, 0.1) is 6.92 Å². The zero-order valence-corrected chi connectivity index (χ0v) is 13.0. The highest BCUT2D eigenvalue weighted by atomic mass is 32.2. The van der Waals surface area contributed by atoms with E-state index in [2.05, 4.69) is 14.8 Å². The molecule has 1 aliphatic heterocycles. The van der Waals surface area contributed by atoms with Crippen LogP contribution in [0.2, 0.25) is 0 Å². The van der Waals surface area contributed by atoms with Crippen LogP contribution in [0.25, 0.3) is 0 Å². The summed E-state index contributed by atoms with van der Waals surface area (Å²) in [6.45, 7) is 2.41. The molecule has 1 aliphatic carbocycles. The van der Waals surface area contributed by atoms with Gasteiger partial charge in [-0.2, -0.15) is 5.10 Å². The molecular weight excluding hydrogens is 296 g/mol. The molecule has 0 saturated heterocycles. The molecule has 0 radical (unpaired) electrons. The molecule has 0 bridgehead atoms. The van der Waals surface area contributed by atoms with Gasteiger partial charge in [0.1, 0.15) is 4.90 Å². The van der Waals surface area contributed by atoms with Crippen molar-refractivity contribution in [3.8, 4) is 0 Å². The van der Waals surface area contributed by atoms with E-state index in [1.165, 1.54) is 24.6 Å². The Bertz CT molecular complexity index is 630. The molecular formula is C12H18N4O2S2. The van der Waals surface area contributed by atoms with Crippen molar-refractivity contribution >= 4 is 27.0 Å². The van der Waals surface area contributed by atoms with Gasteiger partial charge in [-0.15, -0.1) is 0 Å². The smallest absolute Gasteiger partial charge is 0.266 e. The highest BCUT2D eigenvalue weighted by molar-refractivity contribution is 8.15. The summed E-state index contributed by atoms with van der Waals surface area (Å²) in [4.78, 5) is 4.39. The molecule has 110 valence electrons. The lowest BCUT2D eigenvalue weighted by atomic mass is 10.3. The van der Waals surface area contributed by atoms with Crippen LogP contribution in [0.3, 0.4) is 0 Å². The van der Waals surface area contributed by atoms with Gasteiger partial charge in [-0.3, -0.25) is 14.4 Å². The van der Waals surface area contributed by atoms with Crippen LogP contribution in [0.1, 0.15) is 37.4 Å². The fraction of sp³-hybridized carbons (Fsp3) is 0.667. The van der Waals surface area contributed by atoms with E-state index in [9.17, 15) is 8.42 Å². The Morgan fingerprint density at radius 3 is 2.80 bits per heavy atom. The number of sulfonamides is 1. The first-order chi connectivity index (χ1) is 9.56. The number of aliphatic imine (C=N–C) groups is 1. The Morgan fingerprint density at radius 1 is 1.40 bits per heavy atom. The molecule has 2 heterocycles. The predicted octanol–water partition coefficient (Wildman–Crippen LogP) is 1.69. The Labute approximate surface area is 123 Å². The predicted molar refractivity (Wildman–Crippen MR) is 79.6 cm³/mol. The number of aryl methyl sites for hydroxylation is 1. The first-order valence-corrected chi connectivity index (χ1v) is 9.29. The molecule has 0 spiro atoms. The fourth-order valence-electron chi connectivity index (χ4n) is 2.65. The van der Waals surface area contributed by atoms with Crippen molar-refractivity contribution in [1.82, 2.24) is 14.5 Å². The SMILES string of the molecule is Cc1nn(C2CCCC2)cc1S(=O)(=O)NC1=NCCS1. The van der Waals surface area contributed by atoms with E-state index in [4.69, 9.17) is 0 Å². The standard InChI is InChI=1S/C12H18N4O2S2/c1-9-11(8-16(14-9)10-4-2-3-5-10)20(17,18)15-12-13-6-7-19-12/h8,10H,2-7H2,1H3,(H,13,15). The number of aromatic nitrogens is 2. The van der Waals surface area contributed by atoms with E-state index in [-0.39, 0.29) is 4.90 Å². The van der Waals surface area contributed by atoms with Crippen molar-refractivity contribution in [1.29, 1.82) is 0 Å². The summed E-state index contributed by atoms with van der Waals surface area (Å²) in [6, 6.07) is 0.343. The second-order valence-electron chi connectivity index (χ2n) is 5.14. The summed E-state index contributed by atoms with van der Waals surface area (Å²) in [6.07, 6.45) is 6.20. The molecule has 0 atom stereocenters. The molecule has 0 aromatic carbocycles. The summed E-state index contributed by atoms with van der Waals surface area (Å²) in [7, 11) is -3.57. The summed E-state index contributed by atoms with van der Waals surface area (Å²) in [5.41, 5.74) is 0.549. The molecule has 6 nitrogen and oxygen atoms in total. The van der Waals surface area contributed by atoms with Gasteiger partial charge in [-0.25, -0.2) is 8.42 Å². The van der Waals surface area contributed by atoms with Crippen LogP contribution in [-0.4, -0.2) is 35.7 Å². The van der Waals surface area contributed by atoms with Crippen LogP contribution in [0.4, 0.5) is 0 Å². The number of amidine groups is 1. The van der Waals surface area contributed by atoms with Gasteiger partial charge in [0.15, 0.2) is 5.17 Å². The van der Waals surface area contributed by atoms with Crippen molar-refractivity contribution in [2.75, 3.05) is 12.3 Å². The summed E-state index contributed by atoms with van der Waals surface area (Å²) < 4.78 is 29.1. The third-order valence-corrected chi connectivity index (χ3v) is 6.13. The normalized spacial score (nSPS) is 20.4. The van der Waals surface area contributed by atoms with Gasteiger partial charge < -0.3 is 0 Å². The molecule has 1 aromatic rings. The van der Waals surface area contributed by atoms with Gasteiger partial charge in [0.05, 0.1) is 18.3 Å². The highest BCUT2D eigenvalue weighted by Gasteiger charge is 2.26. The highest BCUT2D eigenvalue weighted by Crippen LogP contribution is 2.30. The maximum absolute atomic E-state index is 12.4. The first kappa shape index (κ1) is 13.9. The molecule has 0 amide bonds. The lowest BCUT2D eigenvalue weighted by Gasteiger charge is -2.08.